The van der Waals surface area contributed by atoms with Crippen molar-refractivity contribution in [3.8, 4) is 11.8 Å². The second kappa shape index (κ2) is 5.04. The van der Waals surface area contributed by atoms with E-state index in [0.717, 1.165) is 4.47 Å². The van der Waals surface area contributed by atoms with Gasteiger partial charge in [0, 0.05) is 4.47 Å². The predicted octanol–water partition coefficient (Wildman–Crippen LogP) is 3.36. The SMILES string of the molecule is N#Cc1ccc(Br)cc1-n1cnc2ccc(C(=O)O)cc21. The second-order valence-corrected chi connectivity index (χ2v) is 5.31. The molecule has 21 heavy (non-hydrogen) atoms. The van der Waals surface area contributed by atoms with E-state index in [1.165, 1.54) is 6.07 Å². The Morgan fingerprint density at radius 1 is 1.29 bits per heavy atom. The van der Waals surface area contributed by atoms with Gasteiger partial charge in [-0.2, -0.15) is 5.26 Å². The molecular weight excluding hydrogens is 334 g/mol. The molecule has 0 saturated carbocycles. The molecule has 0 fully saturated rings. The maximum absolute atomic E-state index is 11.1. The Labute approximate surface area is 128 Å². The zero-order valence-electron chi connectivity index (χ0n) is 10.6. The molecule has 1 heterocycles. The highest BCUT2D eigenvalue weighted by Gasteiger charge is 2.12. The highest BCUT2D eigenvalue weighted by molar-refractivity contribution is 9.10. The van der Waals surface area contributed by atoms with E-state index in [4.69, 9.17) is 5.11 Å². The Morgan fingerprint density at radius 3 is 2.81 bits per heavy atom. The summed E-state index contributed by atoms with van der Waals surface area (Å²) in [6, 6.07) is 12.1. The lowest BCUT2D eigenvalue weighted by atomic mass is 10.1. The standard InChI is InChI=1S/C15H8BrN3O2/c16-11-3-1-10(7-17)13(6-11)19-8-18-12-4-2-9(15(20)21)5-14(12)19/h1-6,8H,(H,20,21). The molecule has 5 nitrogen and oxygen atoms in total. The summed E-state index contributed by atoms with van der Waals surface area (Å²) in [4.78, 5) is 15.3. The van der Waals surface area contributed by atoms with Crippen molar-refractivity contribution in [3.05, 3.63) is 58.3 Å². The van der Waals surface area contributed by atoms with E-state index in [2.05, 4.69) is 27.0 Å². The van der Waals surface area contributed by atoms with Gasteiger partial charge in [-0.05, 0) is 36.4 Å². The van der Waals surface area contributed by atoms with Crippen LogP contribution in [0.1, 0.15) is 15.9 Å². The first-order valence-electron chi connectivity index (χ1n) is 6.00. The van der Waals surface area contributed by atoms with Crippen LogP contribution in [0.25, 0.3) is 16.7 Å². The third-order valence-corrected chi connectivity index (χ3v) is 3.63. The van der Waals surface area contributed by atoms with Gasteiger partial charge < -0.3 is 5.11 Å². The summed E-state index contributed by atoms with van der Waals surface area (Å²) in [5, 5.41) is 18.3. The molecule has 1 N–H and O–H groups in total. The average molecular weight is 342 g/mol. The van der Waals surface area contributed by atoms with Gasteiger partial charge in [0.2, 0.25) is 0 Å². The fourth-order valence-electron chi connectivity index (χ4n) is 2.13. The van der Waals surface area contributed by atoms with Crippen LogP contribution in [0.4, 0.5) is 0 Å². The Hall–Kier alpha value is -2.65. The fraction of sp³-hybridized carbons (Fsp3) is 0. The topological polar surface area (TPSA) is 78.9 Å². The molecule has 3 aromatic rings. The van der Waals surface area contributed by atoms with Crippen LogP contribution in [0.5, 0.6) is 0 Å². The van der Waals surface area contributed by atoms with E-state index in [1.807, 2.05) is 0 Å². The minimum Gasteiger partial charge on any atom is -0.478 e. The normalized spacial score (nSPS) is 10.5. The summed E-state index contributed by atoms with van der Waals surface area (Å²) in [5.74, 6) is -1.00. The zero-order valence-corrected chi connectivity index (χ0v) is 12.2. The highest BCUT2D eigenvalue weighted by atomic mass is 79.9. The van der Waals surface area contributed by atoms with Crippen molar-refractivity contribution >= 4 is 32.9 Å². The molecule has 3 rings (SSSR count). The van der Waals surface area contributed by atoms with Crippen molar-refractivity contribution in [1.29, 1.82) is 5.26 Å². The summed E-state index contributed by atoms with van der Waals surface area (Å²) in [7, 11) is 0. The monoisotopic (exact) mass is 341 g/mol. The molecule has 0 radical (unpaired) electrons. The Morgan fingerprint density at radius 2 is 2.10 bits per heavy atom. The third-order valence-electron chi connectivity index (χ3n) is 3.13. The van der Waals surface area contributed by atoms with Crippen molar-refractivity contribution < 1.29 is 9.90 Å². The first-order chi connectivity index (χ1) is 10.1. The molecule has 6 heteroatoms. The number of fused-ring (bicyclic) bond motifs is 1. The van der Waals surface area contributed by atoms with E-state index >= 15 is 0 Å². The van der Waals surface area contributed by atoms with Gasteiger partial charge in [0.05, 0.1) is 27.8 Å². The van der Waals surface area contributed by atoms with Gasteiger partial charge in [0.1, 0.15) is 12.4 Å². The predicted molar refractivity (Wildman–Crippen MR) is 80.4 cm³/mol. The van der Waals surface area contributed by atoms with Crippen LogP contribution in [0.2, 0.25) is 0 Å². The Bertz CT molecular complexity index is 909. The van der Waals surface area contributed by atoms with Gasteiger partial charge in [-0.25, -0.2) is 9.78 Å². The van der Waals surface area contributed by atoms with E-state index < -0.39 is 5.97 Å². The van der Waals surface area contributed by atoms with Crippen LogP contribution in [0.3, 0.4) is 0 Å². The number of hydrogen-bond donors (Lipinski definition) is 1. The van der Waals surface area contributed by atoms with E-state index in [1.54, 1.807) is 41.2 Å². The lowest BCUT2D eigenvalue weighted by Crippen LogP contribution is -1.99. The molecule has 0 aliphatic heterocycles. The first-order valence-corrected chi connectivity index (χ1v) is 6.80. The highest BCUT2D eigenvalue weighted by Crippen LogP contribution is 2.24. The van der Waals surface area contributed by atoms with Gasteiger partial charge in [0.15, 0.2) is 0 Å². The maximum Gasteiger partial charge on any atom is 0.335 e. The lowest BCUT2D eigenvalue weighted by molar-refractivity contribution is 0.0697. The van der Waals surface area contributed by atoms with Crippen LogP contribution >= 0.6 is 15.9 Å². The molecule has 2 aromatic carbocycles. The largest absolute Gasteiger partial charge is 0.478 e. The number of hydrogen-bond acceptors (Lipinski definition) is 3. The fourth-order valence-corrected chi connectivity index (χ4v) is 2.48. The number of rotatable bonds is 2. The lowest BCUT2D eigenvalue weighted by Gasteiger charge is -2.07. The number of nitriles is 1. The van der Waals surface area contributed by atoms with Crippen LogP contribution in [0, 0.1) is 11.3 Å². The van der Waals surface area contributed by atoms with E-state index in [0.29, 0.717) is 22.3 Å². The summed E-state index contributed by atoms with van der Waals surface area (Å²) < 4.78 is 2.54. The number of aromatic carboxylic acids is 1. The summed E-state index contributed by atoms with van der Waals surface area (Å²) in [5.41, 5.74) is 2.63. The van der Waals surface area contributed by atoms with Crippen LogP contribution < -0.4 is 0 Å². The molecule has 0 spiro atoms. The van der Waals surface area contributed by atoms with Crippen LogP contribution in [-0.4, -0.2) is 20.6 Å². The van der Waals surface area contributed by atoms with Crippen LogP contribution in [0.15, 0.2) is 47.2 Å². The molecule has 0 bridgehead atoms. The molecule has 102 valence electrons. The van der Waals surface area contributed by atoms with Crippen molar-refractivity contribution in [1.82, 2.24) is 9.55 Å². The summed E-state index contributed by atoms with van der Waals surface area (Å²) >= 11 is 3.38. The Balaban J connectivity index is 2.31. The molecule has 0 saturated heterocycles. The first kappa shape index (κ1) is 13.3. The molecule has 0 unspecified atom stereocenters. The number of nitrogens with zero attached hydrogens (tertiary/aromatic N) is 3. The molecule has 0 aliphatic rings. The minimum absolute atomic E-state index is 0.178. The van der Waals surface area contributed by atoms with E-state index in [9.17, 15) is 10.1 Å². The van der Waals surface area contributed by atoms with Gasteiger partial charge in [-0.3, -0.25) is 4.57 Å². The number of carboxylic acid groups (broad SMARTS) is 1. The molecule has 1 aromatic heterocycles. The molecule has 0 atom stereocenters. The summed E-state index contributed by atoms with van der Waals surface area (Å²) in [6.45, 7) is 0. The van der Waals surface area contributed by atoms with Gasteiger partial charge >= 0.3 is 5.97 Å². The number of benzene rings is 2. The van der Waals surface area contributed by atoms with Crippen LogP contribution in [-0.2, 0) is 0 Å². The van der Waals surface area contributed by atoms with Gasteiger partial charge in [-0.1, -0.05) is 15.9 Å². The summed E-state index contributed by atoms with van der Waals surface area (Å²) in [6.07, 6.45) is 1.58. The molecular formula is C15H8BrN3O2. The maximum atomic E-state index is 11.1. The van der Waals surface area contributed by atoms with Crippen molar-refractivity contribution in [3.63, 3.8) is 0 Å². The number of carbonyl (C=O) groups is 1. The average Bonchev–Trinajstić information content (AvgIpc) is 2.89. The second-order valence-electron chi connectivity index (χ2n) is 4.40. The quantitative estimate of drug-likeness (QED) is 0.775. The zero-order chi connectivity index (χ0) is 15.0. The van der Waals surface area contributed by atoms with Gasteiger partial charge in [0.25, 0.3) is 0 Å². The number of imidazole rings is 1. The van der Waals surface area contributed by atoms with Crippen molar-refractivity contribution in [2.75, 3.05) is 0 Å². The Kier molecular flexibility index (Phi) is 3.20. The van der Waals surface area contributed by atoms with Gasteiger partial charge in [-0.15, -0.1) is 0 Å². The molecule has 0 amide bonds. The number of halogens is 1. The third kappa shape index (κ3) is 2.28. The van der Waals surface area contributed by atoms with Crippen molar-refractivity contribution in [2.24, 2.45) is 0 Å². The van der Waals surface area contributed by atoms with Crippen molar-refractivity contribution in [2.45, 2.75) is 0 Å². The van der Waals surface area contributed by atoms with E-state index in [-0.39, 0.29) is 5.56 Å². The number of carboxylic acids is 1. The smallest absolute Gasteiger partial charge is 0.335 e. The number of aromatic nitrogens is 2. The minimum atomic E-state index is -1.00. The molecule has 0 aliphatic carbocycles.